The third-order valence-electron chi connectivity index (χ3n) is 2.98. The number of carbonyl (C=O) groups excluding carboxylic acids is 1. The lowest BCUT2D eigenvalue weighted by Gasteiger charge is -2.21. The number of alkyl carbamates (subject to hydrolysis) is 1. The van der Waals surface area contributed by atoms with Crippen molar-refractivity contribution in [2.75, 3.05) is 6.54 Å². The van der Waals surface area contributed by atoms with Crippen molar-refractivity contribution in [2.45, 2.75) is 39.0 Å². The van der Waals surface area contributed by atoms with E-state index in [1.54, 1.807) is 20.8 Å². The van der Waals surface area contributed by atoms with E-state index >= 15 is 0 Å². The fourth-order valence-corrected chi connectivity index (χ4v) is 1.93. The standard InChI is InChI=1S/C16H20F3NO4/c1-15(2,3)24-14(23)20-9-11(13(21)22)7-10-5-4-6-12(8-10)16(17,18)19/h4-6,8,11H,7,9H2,1-3H3,(H,20,23)(H,21,22)/t11-/m0/s1. The molecule has 2 N–H and O–H groups in total. The van der Waals surface area contributed by atoms with Crippen molar-refractivity contribution in [3.8, 4) is 0 Å². The van der Waals surface area contributed by atoms with E-state index in [9.17, 15) is 27.9 Å². The molecule has 0 spiro atoms. The molecule has 0 aliphatic rings. The Labute approximate surface area is 137 Å². The van der Waals surface area contributed by atoms with Crippen molar-refractivity contribution in [1.82, 2.24) is 5.32 Å². The topological polar surface area (TPSA) is 75.6 Å². The molecule has 5 nitrogen and oxygen atoms in total. The molecule has 0 aromatic heterocycles. The van der Waals surface area contributed by atoms with Crippen molar-refractivity contribution >= 4 is 12.1 Å². The Morgan fingerprint density at radius 1 is 1.25 bits per heavy atom. The van der Waals surface area contributed by atoms with E-state index in [2.05, 4.69) is 5.32 Å². The van der Waals surface area contributed by atoms with E-state index in [1.807, 2.05) is 0 Å². The lowest BCUT2D eigenvalue weighted by atomic mass is 9.98. The van der Waals surface area contributed by atoms with Crippen LogP contribution >= 0.6 is 0 Å². The zero-order chi connectivity index (χ0) is 18.5. The summed E-state index contributed by atoms with van der Waals surface area (Å²) in [7, 11) is 0. The number of carboxylic acid groups (broad SMARTS) is 1. The molecule has 0 saturated carbocycles. The third-order valence-corrected chi connectivity index (χ3v) is 2.98. The number of hydrogen-bond donors (Lipinski definition) is 2. The second-order valence-electron chi connectivity index (χ2n) is 6.32. The van der Waals surface area contributed by atoms with Gasteiger partial charge in [-0.3, -0.25) is 4.79 Å². The minimum absolute atomic E-state index is 0.144. The molecule has 1 amide bonds. The number of aliphatic carboxylic acids is 1. The summed E-state index contributed by atoms with van der Waals surface area (Å²) in [6.45, 7) is 4.72. The Kier molecular flexibility index (Phi) is 6.22. The Hall–Kier alpha value is -2.25. The summed E-state index contributed by atoms with van der Waals surface area (Å²) in [6, 6.07) is 4.46. The van der Waals surface area contributed by atoms with Crippen LogP contribution in [0.15, 0.2) is 24.3 Å². The van der Waals surface area contributed by atoms with Gasteiger partial charge in [0.05, 0.1) is 11.5 Å². The first-order chi connectivity index (χ1) is 10.9. The SMILES string of the molecule is CC(C)(C)OC(=O)NC[C@H](Cc1cccc(C(F)(F)F)c1)C(=O)O. The molecule has 1 aromatic carbocycles. The highest BCUT2D eigenvalue weighted by atomic mass is 19.4. The number of hydrogen-bond acceptors (Lipinski definition) is 3. The molecule has 1 atom stereocenters. The Balaban J connectivity index is 2.74. The number of nitrogens with one attached hydrogen (secondary N) is 1. The van der Waals surface area contributed by atoms with Gasteiger partial charge in [0.25, 0.3) is 0 Å². The van der Waals surface area contributed by atoms with Crippen molar-refractivity contribution in [3.05, 3.63) is 35.4 Å². The first-order valence-corrected chi connectivity index (χ1v) is 7.24. The summed E-state index contributed by atoms with van der Waals surface area (Å²) in [5.74, 6) is -2.29. The summed E-state index contributed by atoms with van der Waals surface area (Å²) in [5, 5.41) is 11.5. The summed E-state index contributed by atoms with van der Waals surface area (Å²) < 4.78 is 43.0. The van der Waals surface area contributed by atoms with Crippen LogP contribution in [0, 0.1) is 5.92 Å². The predicted molar refractivity (Wildman–Crippen MR) is 80.5 cm³/mol. The number of carboxylic acids is 1. The number of benzene rings is 1. The van der Waals surface area contributed by atoms with Gasteiger partial charge in [0.2, 0.25) is 0 Å². The minimum atomic E-state index is -4.50. The van der Waals surface area contributed by atoms with Crippen molar-refractivity contribution < 1.29 is 32.6 Å². The van der Waals surface area contributed by atoms with Gasteiger partial charge in [-0.25, -0.2) is 4.79 Å². The Morgan fingerprint density at radius 2 is 1.88 bits per heavy atom. The van der Waals surface area contributed by atoms with Gasteiger partial charge in [0.15, 0.2) is 0 Å². The van der Waals surface area contributed by atoms with Crippen molar-refractivity contribution in [3.63, 3.8) is 0 Å². The molecule has 1 aromatic rings. The molecule has 8 heteroatoms. The maximum Gasteiger partial charge on any atom is 0.416 e. The van der Waals surface area contributed by atoms with Crippen LogP contribution in [0.25, 0.3) is 0 Å². The van der Waals surface area contributed by atoms with E-state index in [0.717, 1.165) is 12.1 Å². The second-order valence-corrected chi connectivity index (χ2v) is 6.32. The van der Waals surface area contributed by atoms with Crippen LogP contribution in [-0.2, 0) is 22.1 Å². The molecule has 134 valence electrons. The van der Waals surface area contributed by atoms with Crippen LogP contribution in [0.4, 0.5) is 18.0 Å². The molecule has 0 aliphatic heterocycles. The minimum Gasteiger partial charge on any atom is -0.481 e. The number of rotatable bonds is 5. The maximum absolute atomic E-state index is 12.7. The fraction of sp³-hybridized carbons (Fsp3) is 0.500. The van der Waals surface area contributed by atoms with Crippen LogP contribution in [0.3, 0.4) is 0 Å². The highest BCUT2D eigenvalue weighted by Gasteiger charge is 2.31. The van der Waals surface area contributed by atoms with E-state index in [-0.39, 0.29) is 18.5 Å². The van der Waals surface area contributed by atoms with E-state index < -0.39 is 35.3 Å². The van der Waals surface area contributed by atoms with Gasteiger partial charge in [-0.1, -0.05) is 18.2 Å². The zero-order valence-corrected chi connectivity index (χ0v) is 13.6. The Bertz CT molecular complexity index is 594. The molecule has 24 heavy (non-hydrogen) atoms. The van der Waals surface area contributed by atoms with Gasteiger partial charge in [-0.2, -0.15) is 13.2 Å². The van der Waals surface area contributed by atoms with Crippen molar-refractivity contribution in [1.29, 1.82) is 0 Å². The molecule has 0 saturated heterocycles. The van der Waals surface area contributed by atoms with E-state index in [4.69, 9.17) is 4.74 Å². The number of amides is 1. The smallest absolute Gasteiger partial charge is 0.416 e. The molecule has 0 unspecified atom stereocenters. The van der Waals surface area contributed by atoms with Crippen LogP contribution < -0.4 is 5.32 Å². The maximum atomic E-state index is 12.7. The molecule has 1 rings (SSSR count). The van der Waals surface area contributed by atoms with Crippen LogP contribution in [-0.4, -0.2) is 29.3 Å². The average molecular weight is 347 g/mol. The highest BCUT2D eigenvalue weighted by molar-refractivity contribution is 5.73. The second kappa shape index (κ2) is 7.55. The first kappa shape index (κ1) is 19.8. The van der Waals surface area contributed by atoms with Crippen LogP contribution in [0.1, 0.15) is 31.9 Å². The van der Waals surface area contributed by atoms with Crippen LogP contribution in [0.2, 0.25) is 0 Å². The van der Waals surface area contributed by atoms with Gasteiger partial charge in [-0.15, -0.1) is 0 Å². The highest BCUT2D eigenvalue weighted by Crippen LogP contribution is 2.30. The van der Waals surface area contributed by atoms with Gasteiger partial charge in [-0.05, 0) is 38.8 Å². The molecule has 0 radical (unpaired) electrons. The molecule has 0 fully saturated rings. The molecular weight excluding hydrogens is 327 g/mol. The third kappa shape index (κ3) is 6.89. The quantitative estimate of drug-likeness (QED) is 0.855. The summed E-state index contributed by atoms with van der Waals surface area (Å²) in [6.07, 6.45) is -5.42. The number of alkyl halides is 3. The molecule has 0 bridgehead atoms. The average Bonchev–Trinajstić information content (AvgIpc) is 2.40. The number of halogens is 3. The summed E-state index contributed by atoms with van der Waals surface area (Å²) in [4.78, 5) is 22.8. The van der Waals surface area contributed by atoms with Gasteiger partial charge in [0.1, 0.15) is 5.60 Å². The molecule has 0 aliphatic carbocycles. The van der Waals surface area contributed by atoms with Crippen LogP contribution in [0.5, 0.6) is 0 Å². The van der Waals surface area contributed by atoms with E-state index in [1.165, 1.54) is 12.1 Å². The van der Waals surface area contributed by atoms with Crippen molar-refractivity contribution in [2.24, 2.45) is 5.92 Å². The summed E-state index contributed by atoms with van der Waals surface area (Å²) in [5.41, 5.74) is -1.35. The first-order valence-electron chi connectivity index (χ1n) is 7.24. The van der Waals surface area contributed by atoms with Gasteiger partial charge in [0, 0.05) is 6.54 Å². The van der Waals surface area contributed by atoms with E-state index in [0.29, 0.717) is 0 Å². The fourth-order valence-electron chi connectivity index (χ4n) is 1.93. The lowest BCUT2D eigenvalue weighted by Crippen LogP contribution is -2.37. The monoisotopic (exact) mass is 347 g/mol. The van der Waals surface area contributed by atoms with Gasteiger partial charge >= 0.3 is 18.2 Å². The number of carbonyl (C=O) groups is 2. The largest absolute Gasteiger partial charge is 0.481 e. The summed E-state index contributed by atoms with van der Waals surface area (Å²) >= 11 is 0. The predicted octanol–water partition coefficient (Wildman–Crippen LogP) is 3.47. The molecule has 0 heterocycles. The normalized spacial score (nSPS) is 13.2. The lowest BCUT2D eigenvalue weighted by molar-refractivity contribution is -0.141. The Morgan fingerprint density at radius 3 is 2.38 bits per heavy atom. The zero-order valence-electron chi connectivity index (χ0n) is 13.6. The molecular formula is C16H20F3NO4. The number of ether oxygens (including phenoxy) is 1. The van der Waals surface area contributed by atoms with Gasteiger partial charge < -0.3 is 15.2 Å².